The third kappa shape index (κ3) is 6.18. The quantitative estimate of drug-likeness (QED) is 0.155. The zero-order valence-electron chi connectivity index (χ0n) is 36.7. The number of ketones is 1. The van der Waals surface area contributed by atoms with Crippen molar-refractivity contribution in [2.24, 2.45) is 69.0 Å². The minimum atomic E-state index is -0.608. The van der Waals surface area contributed by atoms with E-state index in [2.05, 4.69) is 38.7 Å². The minimum absolute atomic E-state index is 0.0530. The van der Waals surface area contributed by atoms with Gasteiger partial charge in [0.2, 0.25) is 0 Å². The molecule has 16 atom stereocenters. The lowest BCUT2D eigenvalue weighted by atomic mass is 9.43. The summed E-state index contributed by atoms with van der Waals surface area (Å²) in [6.07, 6.45) is 25.7. The van der Waals surface area contributed by atoms with E-state index in [9.17, 15) is 19.8 Å². The monoisotopic (exact) mass is 805 g/mol. The third-order valence-corrected chi connectivity index (χ3v) is 20.9. The first kappa shape index (κ1) is 41.7. The van der Waals surface area contributed by atoms with Gasteiger partial charge in [0.25, 0.3) is 0 Å². The van der Waals surface area contributed by atoms with E-state index in [0.29, 0.717) is 71.3 Å². The predicted octanol–water partition coefficient (Wildman–Crippen LogP) is 8.33. The van der Waals surface area contributed by atoms with Crippen molar-refractivity contribution < 1.29 is 34.2 Å². The molecule has 1 aliphatic heterocycles. The Labute approximate surface area is 348 Å². The van der Waals surface area contributed by atoms with E-state index >= 15 is 0 Å². The van der Waals surface area contributed by atoms with Crippen LogP contribution in [0.5, 0.6) is 0 Å². The topological polar surface area (TPSA) is 126 Å². The lowest BCUT2D eigenvalue weighted by Crippen LogP contribution is -2.62. The molecular weight excluding hydrogens is 729 g/mol. The van der Waals surface area contributed by atoms with Crippen molar-refractivity contribution >= 4 is 11.8 Å². The first-order valence-electron chi connectivity index (χ1n) is 23.8. The Morgan fingerprint density at radius 3 is 1.52 bits per heavy atom. The summed E-state index contributed by atoms with van der Waals surface area (Å²) in [7, 11) is 3.45. The number of hydrogen-bond donors (Lipinski definition) is 4. The summed E-state index contributed by atoms with van der Waals surface area (Å²) in [5, 5.41) is 24.5. The molecule has 8 fully saturated rings. The molecule has 1 heterocycles. The van der Waals surface area contributed by atoms with E-state index in [0.717, 1.165) is 75.2 Å². The summed E-state index contributed by atoms with van der Waals surface area (Å²) < 4.78 is 5.23. The number of hydroxylamine groups is 2. The Hall–Kier alpha value is -1.62. The first-order chi connectivity index (χ1) is 27.6. The maximum absolute atomic E-state index is 12.3. The number of carbonyl (C=O) groups excluding carboxylic acids is 2. The molecule has 9 nitrogen and oxygen atoms in total. The third-order valence-electron chi connectivity index (χ3n) is 20.9. The highest BCUT2D eigenvalue weighted by Gasteiger charge is 2.69. The van der Waals surface area contributed by atoms with E-state index in [1.165, 1.54) is 69.8 Å². The van der Waals surface area contributed by atoms with Gasteiger partial charge in [0.1, 0.15) is 6.61 Å². The fourth-order valence-corrected chi connectivity index (χ4v) is 17.7. The summed E-state index contributed by atoms with van der Waals surface area (Å²) in [6, 6.07) is 0.948. The van der Waals surface area contributed by atoms with Gasteiger partial charge in [0.05, 0.1) is 25.4 Å². The number of nitrogens with one attached hydrogen (secondary N) is 2. The van der Waals surface area contributed by atoms with Crippen LogP contribution in [-0.2, 0) is 24.0 Å². The Kier molecular flexibility index (Phi) is 10.8. The number of allylic oxidation sites excluding steroid dienone is 2. The van der Waals surface area contributed by atoms with Crippen LogP contribution in [0.1, 0.15) is 156 Å². The Morgan fingerprint density at radius 1 is 0.586 bits per heavy atom. The van der Waals surface area contributed by atoms with Crippen molar-refractivity contribution in [3.63, 3.8) is 0 Å². The van der Waals surface area contributed by atoms with E-state index in [1.807, 2.05) is 6.08 Å². The number of carbonyl (C=O) groups is 2. The highest BCUT2D eigenvalue weighted by molar-refractivity contribution is 5.93. The summed E-state index contributed by atoms with van der Waals surface area (Å²) in [5.41, 5.74) is 8.22. The highest BCUT2D eigenvalue weighted by atomic mass is 16.6. The van der Waals surface area contributed by atoms with Gasteiger partial charge in [0, 0.05) is 35.4 Å². The number of ether oxygens (including phenoxy) is 1. The molecule has 0 aromatic heterocycles. The largest absolute Gasteiger partial charge is 0.458 e. The number of cyclic esters (lactones) is 1. The van der Waals surface area contributed by atoms with Crippen molar-refractivity contribution in [2.45, 2.75) is 179 Å². The zero-order chi connectivity index (χ0) is 40.9. The van der Waals surface area contributed by atoms with Crippen molar-refractivity contribution in [1.29, 1.82) is 0 Å². The average molecular weight is 805 g/mol. The Bertz CT molecular complexity index is 1560. The minimum Gasteiger partial charge on any atom is -0.458 e. The van der Waals surface area contributed by atoms with Gasteiger partial charge in [-0.05, 0) is 192 Å². The Balaban J connectivity index is 0.000000150. The molecule has 0 aromatic rings. The van der Waals surface area contributed by atoms with Crippen LogP contribution in [0.4, 0.5) is 0 Å². The fourth-order valence-electron chi connectivity index (χ4n) is 17.7. The van der Waals surface area contributed by atoms with Crippen LogP contribution in [0, 0.1) is 69.0 Å². The first-order valence-corrected chi connectivity index (χ1v) is 23.8. The fraction of sp³-hybridized carbons (Fsp3) is 0.878. The van der Waals surface area contributed by atoms with Crippen LogP contribution in [-0.4, -0.2) is 66.1 Å². The molecule has 10 aliphatic rings. The van der Waals surface area contributed by atoms with Crippen LogP contribution < -0.4 is 11.0 Å². The summed E-state index contributed by atoms with van der Waals surface area (Å²) in [5.74, 6) is 4.31. The van der Waals surface area contributed by atoms with Gasteiger partial charge in [-0.1, -0.05) is 33.3 Å². The second kappa shape index (κ2) is 15.0. The standard InChI is InChI=1S/C25H39NO3.C24H37NO4/c1-23-11-8-18(26-29-3)15-17(23)5-7-22-21(23)9-12-24(2)20(10-13-25(22,24)28)16-4-6-19(27)14-16;1-22-9-6-17(25-28-3)13-16(22)4-5-20-19(22)7-10-23(2)18(8-11-24(20,23)27)15-12-21(26)29-14-15/h14,17-18,20-22,26,28H,4-13,15H2,1-3H3;12,16-20,25,27H,4-11,13-14H2,1-3H3/t17-,18+,20-,21?,22?,23+,24-,25+;16-,17-,18-,19?,20?,22+,23-,24+/m11/s1. The molecule has 0 aromatic carbocycles. The molecule has 4 N–H and O–H groups in total. The molecule has 58 heavy (non-hydrogen) atoms. The van der Waals surface area contributed by atoms with Gasteiger partial charge >= 0.3 is 5.97 Å². The normalized spacial score (nSPS) is 51.8. The van der Waals surface area contributed by atoms with Crippen LogP contribution in [0.3, 0.4) is 0 Å². The Morgan fingerprint density at radius 2 is 1.09 bits per heavy atom. The summed E-state index contributed by atoms with van der Waals surface area (Å²) >= 11 is 0. The molecule has 8 saturated carbocycles. The number of hydrogen-bond acceptors (Lipinski definition) is 9. The number of esters is 1. The SMILES string of the molecule is CON[C@@H]1CC[C@]2(C)C3CC[C@]4(C)[C@@H](C5=CC(=O)OC5)CC[C@]4(O)C3CC[C@@H]2C1.CON[C@H]1CC[C@]2(C)C3CC[C@]4(C)[C@@H](C5=CC(=O)CC5)CC[C@]4(O)C3CC[C@@H]2C1. The van der Waals surface area contributed by atoms with Gasteiger partial charge in [-0.2, -0.15) is 11.0 Å². The van der Waals surface area contributed by atoms with Gasteiger partial charge in [-0.3, -0.25) is 4.79 Å². The lowest BCUT2D eigenvalue weighted by molar-refractivity contribution is -0.206. The van der Waals surface area contributed by atoms with Crippen molar-refractivity contribution in [1.82, 2.24) is 11.0 Å². The summed E-state index contributed by atoms with van der Waals surface area (Å²) in [4.78, 5) is 34.0. The van der Waals surface area contributed by atoms with Crippen LogP contribution in [0.25, 0.3) is 0 Å². The molecule has 0 radical (unpaired) electrons. The van der Waals surface area contributed by atoms with E-state index < -0.39 is 11.2 Å². The van der Waals surface area contributed by atoms with E-state index in [4.69, 9.17) is 14.4 Å². The molecule has 0 bridgehead atoms. The maximum Gasteiger partial charge on any atom is 0.331 e. The van der Waals surface area contributed by atoms with E-state index in [-0.39, 0.29) is 22.7 Å². The van der Waals surface area contributed by atoms with Gasteiger partial charge < -0.3 is 24.6 Å². The molecule has 0 spiro atoms. The van der Waals surface area contributed by atoms with Crippen molar-refractivity contribution in [3.8, 4) is 0 Å². The van der Waals surface area contributed by atoms with Crippen molar-refractivity contribution in [3.05, 3.63) is 23.3 Å². The predicted molar refractivity (Wildman–Crippen MR) is 223 cm³/mol. The van der Waals surface area contributed by atoms with Crippen LogP contribution in [0.2, 0.25) is 0 Å². The molecule has 10 rings (SSSR count). The number of rotatable bonds is 6. The molecular formula is C49H76N2O7. The maximum atomic E-state index is 12.3. The van der Waals surface area contributed by atoms with E-state index in [1.54, 1.807) is 20.3 Å². The zero-order valence-corrected chi connectivity index (χ0v) is 36.7. The average Bonchev–Trinajstić information content (AvgIpc) is 3.95. The van der Waals surface area contributed by atoms with Gasteiger partial charge in [0.15, 0.2) is 5.78 Å². The second-order valence-corrected chi connectivity index (χ2v) is 22.5. The second-order valence-electron chi connectivity index (χ2n) is 22.5. The van der Waals surface area contributed by atoms with Gasteiger partial charge in [-0.15, -0.1) is 0 Å². The molecule has 4 unspecified atom stereocenters. The number of aliphatic hydroxyl groups is 2. The molecule has 324 valence electrons. The van der Waals surface area contributed by atoms with Crippen LogP contribution in [0.15, 0.2) is 23.3 Å². The smallest absolute Gasteiger partial charge is 0.331 e. The van der Waals surface area contributed by atoms with Crippen LogP contribution >= 0.6 is 0 Å². The molecule has 9 heteroatoms. The van der Waals surface area contributed by atoms with Gasteiger partial charge in [-0.25, -0.2) is 4.79 Å². The lowest BCUT2D eigenvalue weighted by Gasteiger charge is -2.64. The summed E-state index contributed by atoms with van der Waals surface area (Å²) in [6.45, 7) is 10.1. The molecule has 9 aliphatic carbocycles. The van der Waals surface area contributed by atoms with Crippen molar-refractivity contribution in [2.75, 3.05) is 20.8 Å². The molecule has 0 saturated heterocycles. The highest BCUT2D eigenvalue weighted by Crippen LogP contribution is 2.72. The molecule has 0 amide bonds. The number of fused-ring (bicyclic) bond motifs is 10.